The summed E-state index contributed by atoms with van der Waals surface area (Å²) in [5, 5.41) is 0. The van der Waals surface area contributed by atoms with Gasteiger partial charge in [0.15, 0.2) is 0 Å². The monoisotopic (exact) mass is 258 g/mol. The van der Waals surface area contributed by atoms with E-state index >= 15 is 0 Å². The Balaban J connectivity index is 1.65. The molecule has 2 heteroatoms. The summed E-state index contributed by atoms with van der Waals surface area (Å²) < 4.78 is 0. The third-order valence-electron chi connectivity index (χ3n) is 5.01. The zero-order chi connectivity index (χ0) is 13.1. The molecule has 0 spiro atoms. The summed E-state index contributed by atoms with van der Waals surface area (Å²) in [5.74, 6) is 0.736. The van der Waals surface area contributed by atoms with Crippen LogP contribution in [0.1, 0.15) is 36.8 Å². The van der Waals surface area contributed by atoms with Crippen molar-refractivity contribution < 1.29 is 0 Å². The fourth-order valence-corrected chi connectivity index (χ4v) is 3.82. The number of nitrogens with zero attached hydrogens (tertiary/aromatic N) is 1. The van der Waals surface area contributed by atoms with E-state index in [4.69, 9.17) is 5.73 Å². The van der Waals surface area contributed by atoms with Crippen LogP contribution in [0.15, 0.2) is 24.3 Å². The van der Waals surface area contributed by atoms with Gasteiger partial charge in [-0.3, -0.25) is 0 Å². The van der Waals surface area contributed by atoms with Gasteiger partial charge in [0.25, 0.3) is 0 Å². The average Bonchev–Trinajstić information content (AvgIpc) is 2.70. The number of aryl methyl sites for hydroxylation is 2. The summed E-state index contributed by atoms with van der Waals surface area (Å²) in [7, 11) is 0. The highest BCUT2D eigenvalue weighted by atomic mass is 15.2. The van der Waals surface area contributed by atoms with Crippen LogP contribution in [0.4, 0.5) is 0 Å². The number of fused-ring (bicyclic) bond motifs is 1. The summed E-state index contributed by atoms with van der Waals surface area (Å²) in [4.78, 5) is 2.73. The largest absolute Gasteiger partial charge is 0.330 e. The Morgan fingerprint density at radius 1 is 1.05 bits per heavy atom. The van der Waals surface area contributed by atoms with Crippen LogP contribution in [0.5, 0.6) is 0 Å². The normalized spacial score (nSPS) is 25.8. The Hall–Kier alpha value is -0.860. The van der Waals surface area contributed by atoms with Crippen molar-refractivity contribution in [1.29, 1.82) is 0 Å². The minimum absolute atomic E-state index is 0.736. The lowest BCUT2D eigenvalue weighted by molar-refractivity contribution is 0.116. The van der Waals surface area contributed by atoms with Crippen LogP contribution in [0.3, 0.4) is 0 Å². The van der Waals surface area contributed by atoms with Crippen molar-refractivity contribution in [3.8, 4) is 0 Å². The summed E-state index contributed by atoms with van der Waals surface area (Å²) in [6, 6.07) is 9.78. The molecule has 0 radical (unpaired) electrons. The van der Waals surface area contributed by atoms with E-state index in [0.717, 1.165) is 18.5 Å². The van der Waals surface area contributed by atoms with E-state index in [-0.39, 0.29) is 0 Å². The summed E-state index contributed by atoms with van der Waals surface area (Å²) in [6.45, 7) is 3.39. The van der Waals surface area contributed by atoms with Crippen LogP contribution in [-0.2, 0) is 12.8 Å². The van der Waals surface area contributed by atoms with Crippen molar-refractivity contribution in [2.24, 2.45) is 11.7 Å². The molecule has 1 aromatic rings. The molecule has 0 unspecified atom stereocenters. The lowest BCUT2D eigenvalue weighted by atomic mass is 9.95. The first-order valence-corrected chi connectivity index (χ1v) is 7.87. The number of piperidine rings is 1. The van der Waals surface area contributed by atoms with E-state index in [2.05, 4.69) is 29.2 Å². The fraction of sp³-hybridized carbons (Fsp3) is 0.647. The zero-order valence-corrected chi connectivity index (χ0v) is 11.9. The molecule has 0 aromatic heterocycles. The van der Waals surface area contributed by atoms with Gasteiger partial charge in [-0.1, -0.05) is 24.3 Å². The van der Waals surface area contributed by atoms with Gasteiger partial charge in [-0.05, 0) is 68.7 Å². The van der Waals surface area contributed by atoms with E-state index in [1.54, 1.807) is 11.1 Å². The quantitative estimate of drug-likeness (QED) is 0.826. The summed E-state index contributed by atoms with van der Waals surface area (Å²) in [6.07, 6.45) is 7.84. The Labute approximate surface area is 117 Å². The molecule has 1 atom stereocenters. The van der Waals surface area contributed by atoms with Crippen LogP contribution in [0.2, 0.25) is 0 Å². The molecule has 1 aliphatic carbocycles. The Morgan fingerprint density at radius 2 is 1.74 bits per heavy atom. The second-order valence-electron chi connectivity index (χ2n) is 6.24. The molecule has 1 fully saturated rings. The van der Waals surface area contributed by atoms with Crippen LogP contribution in [-0.4, -0.2) is 30.6 Å². The molecule has 2 nitrogen and oxygen atoms in total. The molecule has 1 aromatic carbocycles. The predicted octanol–water partition coefficient (Wildman–Crippen LogP) is 2.60. The first-order chi connectivity index (χ1) is 9.36. The third-order valence-corrected chi connectivity index (χ3v) is 5.01. The highest BCUT2D eigenvalue weighted by Crippen LogP contribution is 2.26. The van der Waals surface area contributed by atoms with E-state index in [1.165, 1.54) is 51.6 Å². The van der Waals surface area contributed by atoms with E-state index < -0.39 is 0 Å². The first kappa shape index (κ1) is 13.1. The standard InChI is InChI=1S/C17H26N2/c18-12-14-4-3-11-19(13-14)17-9-7-15-5-1-2-6-16(15)8-10-17/h1-2,5-6,14,17H,3-4,7-13,18H2/t14-/m1/s1. The Bertz CT molecular complexity index is 388. The smallest absolute Gasteiger partial charge is 0.0102 e. The molecule has 1 saturated heterocycles. The van der Waals surface area contributed by atoms with Crippen LogP contribution >= 0.6 is 0 Å². The average molecular weight is 258 g/mol. The van der Waals surface area contributed by atoms with Crippen LogP contribution < -0.4 is 5.73 Å². The lowest BCUT2D eigenvalue weighted by Crippen LogP contribution is -2.44. The second-order valence-corrected chi connectivity index (χ2v) is 6.24. The highest BCUT2D eigenvalue weighted by molar-refractivity contribution is 5.28. The number of likely N-dealkylation sites (tertiary alicyclic amines) is 1. The SMILES string of the molecule is NC[C@H]1CCCN(C2CCc3ccccc3CC2)C1. The molecule has 0 bridgehead atoms. The van der Waals surface area contributed by atoms with Gasteiger partial charge in [-0.2, -0.15) is 0 Å². The molecule has 19 heavy (non-hydrogen) atoms. The third kappa shape index (κ3) is 3.01. The van der Waals surface area contributed by atoms with Crippen molar-refractivity contribution in [1.82, 2.24) is 4.90 Å². The molecule has 1 heterocycles. The zero-order valence-electron chi connectivity index (χ0n) is 11.9. The van der Waals surface area contributed by atoms with Crippen molar-refractivity contribution in [3.63, 3.8) is 0 Å². The number of nitrogens with two attached hydrogens (primary N) is 1. The van der Waals surface area contributed by atoms with E-state index in [9.17, 15) is 0 Å². The van der Waals surface area contributed by atoms with Crippen LogP contribution in [0.25, 0.3) is 0 Å². The topological polar surface area (TPSA) is 29.3 Å². The van der Waals surface area contributed by atoms with Gasteiger partial charge in [0.1, 0.15) is 0 Å². The molecule has 0 saturated carbocycles. The van der Waals surface area contributed by atoms with E-state index in [1.807, 2.05) is 0 Å². The number of hydrogen-bond acceptors (Lipinski definition) is 2. The molecular weight excluding hydrogens is 232 g/mol. The van der Waals surface area contributed by atoms with Crippen molar-refractivity contribution in [3.05, 3.63) is 35.4 Å². The van der Waals surface area contributed by atoms with Gasteiger partial charge in [0, 0.05) is 12.6 Å². The van der Waals surface area contributed by atoms with Crippen molar-refractivity contribution >= 4 is 0 Å². The van der Waals surface area contributed by atoms with Crippen molar-refractivity contribution in [2.75, 3.05) is 19.6 Å². The first-order valence-electron chi connectivity index (χ1n) is 7.87. The maximum atomic E-state index is 5.87. The van der Waals surface area contributed by atoms with Gasteiger partial charge < -0.3 is 10.6 Å². The molecule has 104 valence electrons. The lowest BCUT2D eigenvalue weighted by Gasteiger charge is -2.37. The minimum Gasteiger partial charge on any atom is -0.330 e. The summed E-state index contributed by atoms with van der Waals surface area (Å²) in [5.41, 5.74) is 9.03. The molecule has 2 N–H and O–H groups in total. The predicted molar refractivity (Wildman–Crippen MR) is 80.2 cm³/mol. The van der Waals surface area contributed by atoms with Gasteiger partial charge in [-0.25, -0.2) is 0 Å². The van der Waals surface area contributed by atoms with E-state index in [0.29, 0.717) is 0 Å². The highest BCUT2D eigenvalue weighted by Gasteiger charge is 2.26. The molecular formula is C17H26N2. The van der Waals surface area contributed by atoms with Gasteiger partial charge in [0.05, 0.1) is 0 Å². The molecule has 2 aliphatic rings. The van der Waals surface area contributed by atoms with Gasteiger partial charge in [-0.15, -0.1) is 0 Å². The maximum Gasteiger partial charge on any atom is 0.0102 e. The Kier molecular flexibility index (Phi) is 4.19. The molecule has 3 rings (SSSR count). The summed E-state index contributed by atoms with van der Waals surface area (Å²) >= 11 is 0. The van der Waals surface area contributed by atoms with Gasteiger partial charge in [0.2, 0.25) is 0 Å². The number of hydrogen-bond donors (Lipinski definition) is 1. The Morgan fingerprint density at radius 3 is 2.37 bits per heavy atom. The molecule has 1 aliphatic heterocycles. The van der Waals surface area contributed by atoms with Gasteiger partial charge >= 0.3 is 0 Å². The second kappa shape index (κ2) is 6.06. The van der Waals surface area contributed by atoms with Crippen LogP contribution in [0, 0.1) is 5.92 Å². The minimum atomic E-state index is 0.736. The molecule has 0 amide bonds. The number of rotatable bonds is 2. The fourth-order valence-electron chi connectivity index (χ4n) is 3.82. The van der Waals surface area contributed by atoms with Crippen molar-refractivity contribution in [2.45, 2.75) is 44.6 Å². The maximum absolute atomic E-state index is 5.87. The number of benzene rings is 1.